The molecule has 3 heterocycles. The molecule has 7 nitrogen and oxygen atoms in total. The lowest BCUT2D eigenvalue weighted by molar-refractivity contribution is -0.172. The number of pyridine rings is 1. The summed E-state index contributed by atoms with van der Waals surface area (Å²) in [7, 11) is 0. The number of ether oxygens (including phenoxy) is 1. The third kappa shape index (κ3) is 4.44. The summed E-state index contributed by atoms with van der Waals surface area (Å²) in [5.74, 6) is -7.97. The van der Waals surface area contributed by atoms with Gasteiger partial charge in [0.25, 0.3) is 17.7 Å². The summed E-state index contributed by atoms with van der Waals surface area (Å²) in [6, 6.07) is 17.6. The Morgan fingerprint density at radius 2 is 1.70 bits per heavy atom. The van der Waals surface area contributed by atoms with Gasteiger partial charge in [-0.1, -0.05) is 49.4 Å². The van der Waals surface area contributed by atoms with Crippen LogP contribution in [0.5, 0.6) is 0 Å². The van der Waals surface area contributed by atoms with Crippen LogP contribution in [-0.2, 0) is 9.53 Å². The Morgan fingerprint density at radius 1 is 1.02 bits per heavy atom. The van der Waals surface area contributed by atoms with Gasteiger partial charge >= 0.3 is 5.97 Å². The van der Waals surface area contributed by atoms with Gasteiger partial charge in [0, 0.05) is 42.1 Å². The zero-order valence-corrected chi connectivity index (χ0v) is 23.9. The van der Waals surface area contributed by atoms with Gasteiger partial charge in [0.15, 0.2) is 0 Å². The molecule has 1 aliphatic carbocycles. The van der Waals surface area contributed by atoms with Gasteiger partial charge in [0.2, 0.25) is 0 Å². The zero-order valence-electron chi connectivity index (χ0n) is 23.9. The molecule has 2 aliphatic heterocycles. The molecule has 0 bridgehead atoms. The quantitative estimate of drug-likeness (QED) is 0.268. The summed E-state index contributed by atoms with van der Waals surface area (Å²) in [6.07, 6.45) is 3.39. The molecule has 43 heavy (non-hydrogen) atoms. The van der Waals surface area contributed by atoms with E-state index in [-0.39, 0.29) is 11.1 Å². The topological polar surface area (TPSA) is 100 Å². The lowest BCUT2D eigenvalue weighted by atomic mass is 9.56. The van der Waals surface area contributed by atoms with Crippen LogP contribution in [0.15, 0.2) is 66.9 Å². The fourth-order valence-electron chi connectivity index (χ4n) is 7.10. The number of aryl methyl sites for hydroxylation is 1. The molecular formula is C34H29F2N3O4. The SMILES string of the molecule is Cc1cccc(-c2ccc(C=C[C@@H]3[C@@H]4[C@@H](C)OC(=O)[C@]4(CN4C(=O)c5ccccc5C4=O)CC(F)(F)[C@H]3C)nc2)c1C#N. The van der Waals surface area contributed by atoms with Crippen molar-refractivity contribution in [3.05, 3.63) is 94.8 Å². The predicted octanol–water partition coefficient (Wildman–Crippen LogP) is 6.08. The number of fused-ring (bicyclic) bond motifs is 2. The highest BCUT2D eigenvalue weighted by atomic mass is 19.3. The Morgan fingerprint density at radius 3 is 2.33 bits per heavy atom. The van der Waals surface area contributed by atoms with Gasteiger partial charge in [-0.3, -0.25) is 24.3 Å². The number of aromatic nitrogens is 1. The minimum absolute atomic E-state index is 0.189. The fraction of sp³-hybridized carbons (Fsp3) is 0.324. The molecule has 2 fully saturated rings. The smallest absolute Gasteiger partial charge is 0.314 e. The van der Waals surface area contributed by atoms with E-state index in [0.717, 1.165) is 21.6 Å². The average molecular weight is 582 g/mol. The number of rotatable bonds is 5. The first-order valence-corrected chi connectivity index (χ1v) is 14.2. The summed E-state index contributed by atoms with van der Waals surface area (Å²) in [5.41, 5.74) is 2.03. The van der Waals surface area contributed by atoms with E-state index in [1.54, 1.807) is 43.5 Å². The number of cyclic esters (lactones) is 1. The van der Waals surface area contributed by atoms with Crippen molar-refractivity contribution in [3.63, 3.8) is 0 Å². The summed E-state index contributed by atoms with van der Waals surface area (Å²) in [4.78, 5) is 45.2. The number of imide groups is 1. The molecule has 1 saturated carbocycles. The molecule has 6 rings (SSSR count). The Balaban J connectivity index is 1.33. The largest absolute Gasteiger partial charge is 0.462 e. The van der Waals surface area contributed by atoms with Crippen LogP contribution in [0.3, 0.4) is 0 Å². The minimum atomic E-state index is -3.27. The third-order valence-electron chi connectivity index (χ3n) is 9.34. The van der Waals surface area contributed by atoms with Crippen LogP contribution in [0.2, 0.25) is 0 Å². The Bertz CT molecular complexity index is 1690. The number of nitriles is 1. The van der Waals surface area contributed by atoms with E-state index < -0.39 is 65.9 Å². The van der Waals surface area contributed by atoms with E-state index >= 15 is 8.78 Å². The van der Waals surface area contributed by atoms with Crippen molar-refractivity contribution in [1.29, 1.82) is 5.26 Å². The van der Waals surface area contributed by atoms with Crippen LogP contribution in [0.4, 0.5) is 8.78 Å². The van der Waals surface area contributed by atoms with Crippen molar-refractivity contribution in [2.45, 2.75) is 39.2 Å². The van der Waals surface area contributed by atoms with E-state index in [1.165, 1.54) is 19.1 Å². The maximum Gasteiger partial charge on any atom is 0.314 e. The van der Waals surface area contributed by atoms with E-state index in [2.05, 4.69) is 11.1 Å². The van der Waals surface area contributed by atoms with E-state index in [9.17, 15) is 19.6 Å². The van der Waals surface area contributed by atoms with Crippen molar-refractivity contribution < 1.29 is 27.9 Å². The number of allylic oxidation sites excluding steroid dienone is 1. The molecule has 2 aromatic carbocycles. The summed E-state index contributed by atoms with van der Waals surface area (Å²) >= 11 is 0. The number of esters is 1. The molecule has 9 heteroatoms. The highest BCUT2D eigenvalue weighted by Crippen LogP contribution is 2.60. The second-order valence-electron chi connectivity index (χ2n) is 11.8. The number of halogens is 2. The number of amides is 2. The molecule has 1 saturated heterocycles. The van der Waals surface area contributed by atoms with Gasteiger partial charge in [-0.2, -0.15) is 5.26 Å². The van der Waals surface area contributed by atoms with Crippen molar-refractivity contribution in [2.24, 2.45) is 23.2 Å². The van der Waals surface area contributed by atoms with Gasteiger partial charge in [-0.25, -0.2) is 8.78 Å². The first-order valence-electron chi connectivity index (χ1n) is 14.2. The van der Waals surface area contributed by atoms with E-state index in [4.69, 9.17) is 4.74 Å². The van der Waals surface area contributed by atoms with Crippen LogP contribution in [0.25, 0.3) is 17.2 Å². The van der Waals surface area contributed by atoms with Crippen LogP contribution >= 0.6 is 0 Å². The maximum absolute atomic E-state index is 15.8. The lowest BCUT2D eigenvalue weighted by Crippen LogP contribution is -2.58. The number of nitrogens with zero attached hydrogens (tertiary/aromatic N) is 3. The molecule has 2 amide bonds. The molecule has 3 aliphatic rings. The average Bonchev–Trinajstić information content (AvgIpc) is 3.37. The first-order chi connectivity index (χ1) is 20.5. The maximum atomic E-state index is 15.8. The Kier molecular flexibility index (Phi) is 6.76. The molecule has 1 aromatic heterocycles. The zero-order chi connectivity index (χ0) is 30.7. The number of hydrogen-bond acceptors (Lipinski definition) is 6. The molecule has 3 aromatic rings. The number of carbonyl (C=O) groups excluding carboxylic acids is 3. The third-order valence-corrected chi connectivity index (χ3v) is 9.34. The highest BCUT2D eigenvalue weighted by Gasteiger charge is 2.69. The number of alkyl halides is 2. The molecule has 0 spiro atoms. The van der Waals surface area contributed by atoms with Crippen molar-refractivity contribution >= 4 is 23.9 Å². The van der Waals surface area contributed by atoms with Crippen LogP contribution < -0.4 is 0 Å². The predicted molar refractivity (Wildman–Crippen MR) is 154 cm³/mol. The number of benzene rings is 2. The Hall–Kier alpha value is -4.71. The number of hydrogen-bond donors (Lipinski definition) is 0. The fourth-order valence-corrected chi connectivity index (χ4v) is 7.10. The minimum Gasteiger partial charge on any atom is -0.462 e. The molecule has 0 unspecified atom stereocenters. The molecular weight excluding hydrogens is 552 g/mol. The summed E-state index contributed by atoms with van der Waals surface area (Å²) in [6.45, 7) is 4.50. The van der Waals surface area contributed by atoms with Crippen LogP contribution in [0, 0.1) is 41.4 Å². The monoisotopic (exact) mass is 581 g/mol. The summed E-state index contributed by atoms with van der Waals surface area (Å²) in [5, 5.41) is 9.59. The molecule has 5 atom stereocenters. The molecule has 218 valence electrons. The van der Waals surface area contributed by atoms with Crippen molar-refractivity contribution in [3.8, 4) is 17.2 Å². The van der Waals surface area contributed by atoms with Crippen LogP contribution in [0.1, 0.15) is 57.8 Å². The van der Waals surface area contributed by atoms with Crippen LogP contribution in [-0.4, -0.2) is 46.2 Å². The van der Waals surface area contributed by atoms with Gasteiger partial charge < -0.3 is 4.74 Å². The standard InChI is InChI=1S/C34H29F2N3O4/c1-19-7-6-10-25(28(19)15-37)22-11-12-23(38-16-22)13-14-24-20(2)34(35,36)17-33(29(24)21(3)43-32(33)42)18-39-30(40)26-8-4-5-9-27(26)31(39)41/h4-14,16,20-21,24,29H,17-18H2,1-3H3/t20-,21+,24-,29-,33-/m0/s1. The summed E-state index contributed by atoms with van der Waals surface area (Å²) < 4.78 is 37.1. The molecule has 0 N–H and O–H groups in total. The van der Waals surface area contributed by atoms with Gasteiger partial charge in [0.1, 0.15) is 12.2 Å². The second kappa shape index (κ2) is 10.2. The van der Waals surface area contributed by atoms with E-state index in [1.807, 2.05) is 31.2 Å². The van der Waals surface area contributed by atoms with Crippen molar-refractivity contribution in [2.75, 3.05) is 6.54 Å². The normalized spacial score (nSPS) is 27.6. The highest BCUT2D eigenvalue weighted by molar-refractivity contribution is 6.21. The van der Waals surface area contributed by atoms with Gasteiger partial charge in [-0.15, -0.1) is 0 Å². The van der Waals surface area contributed by atoms with E-state index in [0.29, 0.717) is 11.3 Å². The second-order valence-corrected chi connectivity index (χ2v) is 11.8. The lowest BCUT2D eigenvalue weighted by Gasteiger charge is -2.48. The first kappa shape index (κ1) is 28.4. The molecule has 0 radical (unpaired) electrons. The van der Waals surface area contributed by atoms with Gasteiger partial charge in [-0.05, 0) is 49.6 Å². The number of carbonyl (C=O) groups is 3. The van der Waals surface area contributed by atoms with Gasteiger partial charge in [0.05, 0.1) is 27.8 Å². The van der Waals surface area contributed by atoms with Crippen molar-refractivity contribution in [1.82, 2.24) is 9.88 Å². The Labute approximate surface area is 247 Å².